The van der Waals surface area contributed by atoms with E-state index in [-0.39, 0.29) is 0 Å². The highest BCUT2D eigenvalue weighted by Crippen LogP contribution is 2.09. The molecule has 0 radical (unpaired) electrons. The van der Waals surface area contributed by atoms with Gasteiger partial charge < -0.3 is 0 Å². The second-order valence-electron chi connectivity index (χ2n) is 3.24. The van der Waals surface area contributed by atoms with Crippen molar-refractivity contribution in [3.05, 3.63) is 34.9 Å². The van der Waals surface area contributed by atoms with Gasteiger partial charge in [0.05, 0.1) is 6.67 Å². The largest absolute Gasteiger partial charge is 0.299 e. The fourth-order valence-corrected chi connectivity index (χ4v) is 1.26. The maximum atomic E-state index is 5.15. The Morgan fingerprint density at radius 2 is 2.08 bits per heavy atom. The van der Waals surface area contributed by atoms with E-state index in [4.69, 9.17) is 5.84 Å². The van der Waals surface area contributed by atoms with Crippen LogP contribution in [0.3, 0.4) is 0 Å². The number of hydrazine groups is 1. The molecule has 0 aromatic heterocycles. The molecule has 1 rings (SSSR count). The summed E-state index contributed by atoms with van der Waals surface area (Å²) in [6.45, 7) is 5.71. The van der Waals surface area contributed by atoms with Gasteiger partial charge in [0, 0.05) is 6.54 Å². The molecule has 0 spiro atoms. The Hall–Kier alpha value is -0.900. The first kappa shape index (κ1) is 10.2. The minimum Gasteiger partial charge on any atom is -0.299 e. The van der Waals surface area contributed by atoms with Gasteiger partial charge in [-0.3, -0.25) is 11.2 Å². The monoisotopic (exact) mass is 179 g/mol. The predicted molar refractivity (Wildman–Crippen MR) is 54.9 cm³/mol. The van der Waals surface area contributed by atoms with E-state index in [0.717, 1.165) is 6.54 Å². The van der Waals surface area contributed by atoms with Crippen LogP contribution >= 0.6 is 0 Å². The Balaban J connectivity index is 2.59. The molecule has 0 amide bonds. The van der Waals surface area contributed by atoms with Gasteiger partial charge in [0.25, 0.3) is 0 Å². The molecule has 4 N–H and O–H groups in total. The Labute approximate surface area is 79.3 Å². The molecular weight excluding hydrogens is 162 g/mol. The summed E-state index contributed by atoms with van der Waals surface area (Å²) >= 11 is 0. The second kappa shape index (κ2) is 4.97. The summed E-state index contributed by atoms with van der Waals surface area (Å²) in [4.78, 5) is 0. The van der Waals surface area contributed by atoms with E-state index in [1.54, 1.807) is 0 Å². The average Bonchev–Trinajstić information content (AvgIpc) is 2.11. The maximum absolute atomic E-state index is 5.15. The van der Waals surface area contributed by atoms with E-state index in [1.807, 2.05) is 0 Å². The van der Waals surface area contributed by atoms with Gasteiger partial charge in [-0.2, -0.15) is 0 Å². The molecule has 1 aromatic carbocycles. The molecule has 0 saturated heterocycles. The zero-order chi connectivity index (χ0) is 9.68. The Morgan fingerprint density at radius 3 is 2.77 bits per heavy atom. The SMILES string of the molecule is Cc1ccc(C)c(CNCNN)c1. The quantitative estimate of drug-likeness (QED) is 0.277. The molecule has 0 aliphatic carbocycles. The van der Waals surface area contributed by atoms with E-state index in [0.29, 0.717) is 6.67 Å². The second-order valence-corrected chi connectivity index (χ2v) is 3.24. The molecule has 0 bridgehead atoms. The van der Waals surface area contributed by atoms with Crippen LogP contribution in [0.2, 0.25) is 0 Å². The van der Waals surface area contributed by atoms with Crippen LogP contribution in [0.5, 0.6) is 0 Å². The van der Waals surface area contributed by atoms with Crippen molar-refractivity contribution in [1.82, 2.24) is 10.7 Å². The van der Waals surface area contributed by atoms with Gasteiger partial charge in [-0.05, 0) is 25.0 Å². The van der Waals surface area contributed by atoms with E-state index in [1.165, 1.54) is 16.7 Å². The van der Waals surface area contributed by atoms with Gasteiger partial charge in [0.1, 0.15) is 0 Å². The molecule has 0 unspecified atom stereocenters. The summed E-state index contributed by atoms with van der Waals surface area (Å²) in [5, 5.41) is 3.18. The van der Waals surface area contributed by atoms with Gasteiger partial charge >= 0.3 is 0 Å². The van der Waals surface area contributed by atoms with Crippen LogP contribution in [0, 0.1) is 13.8 Å². The van der Waals surface area contributed by atoms with E-state index >= 15 is 0 Å². The van der Waals surface area contributed by atoms with Gasteiger partial charge in [-0.25, -0.2) is 5.43 Å². The lowest BCUT2D eigenvalue weighted by atomic mass is 10.1. The molecule has 3 nitrogen and oxygen atoms in total. The molecule has 0 atom stereocenters. The number of aryl methyl sites for hydroxylation is 2. The van der Waals surface area contributed by atoms with Crippen LogP contribution in [0.4, 0.5) is 0 Å². The standard InChI is InChI=1S/C10H17N3/c1-8-3-4-9(2)10(5-8)6-12-7-13-11/h3-5,12-13H,6-7,11H2,1-2H3. The van der Waals surface area contributed by atoms with Crippen molar-refractivity contribution in [2.75, 3.05) is 6.67 Å². The van der Waals surface area contributed by atoms with Crippen molar-refractivity contribution >= 4 is 0 Å². The minimum absolute atomic E-state index is 0.632. The molecule has 72 valence electrons. The Bertz CT molecular complexity index is 271. The maximum Gasteiger partial charge on any atom is 0.0590 e. The van der Waals surface area contributed by atoms with E-state index in [9.17, 15) is 0 Å². The number of nitrogens with two attached hydrogens (primary N) is 1. The third kappa shape index (κ3) is 3.14. The van der Waals surface area contributed by atoms with Crippen LogP contribution in [0.15, 0.2) is 18.2 Å². The van der Waals surface area contributed by atoms with Crippen molar-refractivity contribution in [2.45, 2.75) is 20.4 Å². The average molecular weight is 179 g/mol. The third-order valence-corrected chi connectivity index (χ3v) is 2.05. The van der Waals surface area contributed by atoms with Gasteiger partial charge in [0.15, 0.2) is 0 Å². The molecule has 1 aromatic rings. The summed E-state index contributed by atoms with van der Waals surface area (Å²) < 4.78 is 0. The molecule has 0 heterocycles. The number of rotatable bonds is 4. The number of nitrogens with one attached hydrogen (secondary N) is 2. The Morgan fingerprint density at radius 1 is 1.31 bits per heavy atom. The number of hydrogen-bond donors (Lipinski definition) is 3. The van der Waals surface area contributed by atoms with Crippen LogP contribution in [0.1, 0.15) is 16.7 Å². The minimum atomic E-state index is 0.632. The predicted octanol–water partition coefficient (Wildman–Crippen LogP) is 0.814. The molecule has 3 heteroatoms. The summed E-state index contributed by atoms with van der Waals surface area (Å²) in [7, 11) is 0. The summed E-state index contributed by atoms with van der Waals surface area (Å²) in [6.07, 6.45) is 0. The smallest absolute Gasteiger partial charge is 0.0590 e. The van der Waals surface area contributed by atoms with Crippen LogP contribution < -0.4 is 16.6 Å². The summed E-state index contributed by atoms with van der Waals surface area (Å²) in [5.41, 5.74) is 6.50. The lowest BCUT2D eigenvalue weighted by molar-refractivity contribution is 0.600. The molecule has 0 saturated carbocycles. The Kier molecular flexibility index (Phi) is 3.89. The first-order valence-corrected chi connectivity index (χ1v) is 4.44. The highest BCUT2D eigenvalue weighted by molar-refractivity contribution is 5.30. The highest BCUT2D eigenvalue weighted by atomic mass is 15.3. The van der Waals surface area contributed by atoms with Crippen molar-refractivity contribution in [1.29, 1.82) is 0 Å². The number of benzene rings is 1. The van der Waals surface area contributed by atoms with Crippen molar-refractivity contribution < 1.29 is 0 Å². The lowest BCUT2D eigenvalue weighted by Crippen LogP contribution is -2.33. The summed E-state index contributed by atoms with van der Waals surface area (Å²) in [6, 6.07) is 6.46. The van der Waals surface area contributed by atoms with Crippen LogP contribution in [-0.4, -0.2) is 6.67 Å². The zero-order valence-electron chi connectivity index (χ0n) is 8.22. The molecule has 0 aliphatic rings. The first-order chi connectivity index (χ1) is 6.24. The molecule has 0 aliphatic heterocycles. The summed E-state index contributed by atoms with van der Waals surface area (Å²) in [5.74, 6) is 5.15. The van der Waals surface area contributed by atoms with Crippen LogP contribution in [0.25, 0.3) is 0 Å². The molecule has 13 heavy (non-hydrogen) atoms. The zero-order valence-corrected chi connectivity index (χ0v) is 8.22. The first-order valence-electron chi connectivity index (χ1n) is 4.44. The molecular formula is C10H17N3. The van der Waals surface area contributed by atoms with Crippen molar-refractivity contribution in [3.8, 4) is 0 Å². The fraction of sp³-hybridized carbons (Fsp3) is 0.400. The highest BCUT2D eigenvalue weighted by Gasteiger charge is 1.96. The van der Waals surface area contributed by atoms with Crippen LogP contribution in [-0.2, 0) is 6.54 Å². The topological polar surface area (TPSA) is 50.1 Å². The normalized spacial score (nSPS) is 10.4. The van der Waals surface area contributed by atoms with Gasteiger partial charge in [-0.15, -0.1) is 0 Å². The van der Waals surface area contributed by atoms with Gasteiger partial charge in [0.2, 0.25) is 0 Å². The fourth-order valence-electron chi connectivity index (χ4n) is 1.26. The van der Waals surface area contributed by atoms with Gasteiger partial charge in [-0.1, -0.05) is 23.8 Å². The van der Waals surface area contributed by atoms with Crippen molar-refractivity contribution in [2.24, 2.45) is 5.84 Å². The van der Waals surface area contributed by atoms with Crippen molar-refractivity contribution in [3.63, 3.8) is 0 Å². The van der Waals surface area contributed by atoms with E-state index < -0.39 is 0 Å². The lowest BCUT2D eigenvalue weighted by Gasteiger charge is -2.08. The molecule has 0 fully saturated rings. The van der Waals surface area contributed by atoms with E-state index in [2.05, 4.69) is 42.8 Å². The third-order valence-electron chi connectivity index (χ3n) is 2.05. The number of hydrogen-bond acceptors (Lipinski definition) is 3.